The third-order valence-electron chi connectivity index (χ3n) is 6.77. The van der Waals surface area contributed by atoms with E-state index in [1.54, 1.807) is 45.2 Å². The van der Waals surface area contributed by atoms with Gasteiger partial charge in [-0.1, -0.05) is 43.2 Å². The summed E-state index contributed by atoms with van der Waals surface area (Å²) in [6.45, 7) is 7.60. The molecule has 0 bridgehead atoms. The minimum absolute atomic E-state index is 0.154. The lowest BCUT2D eigenvalue weighted by Crippen LogP contribution is -2.40. The number of unbranched alkanes of at least 4 members (excludes halogenated alkanes) is 2. The first kappa shape index (κ1) is 31.6. The zero-order valence-electron chi connectivity index (χ0n) is 25.2. The van der Waals surface area contributed by atoms with Gasteiger partial charge >= 0.3 is 11.9 Å². The van der Waals surface area contributed by atoms with Crippen molar-refractivity contribution in [2.45, 2.75) is 53.0 Å². The monoisotopic (exact) mass is 608 g/mol. The van der Waals surface area contributed by atoms with Crippen molar-refractivity contribution >= 4 is 29.4 Å². The molecule has 0 saturated heterocycles. The summed E-state index contributed by atoms with van der Waals surface area (Å²) < 4.78 is 29.5. The maximum Gasteiger partial charge on any atom is 0.338 e. The van der Waals surface area contributed by atoms with Gasteiger partial charge in [0.25, 0.3) is 5.56 Å². The van der Waals surface area contributed by atoms with Gasteiger partial charge in [-0.15, -0.1) is 0 Å². The summed E-state index contributed by atoms with van der Waals surface area (Å²) in [4.78, 5) is 43.8. The van der Waals surface area contributed by atoms with E-state index in [0.717, 1.165) is 24.8 Å². The molecule has 0 radical (unpaired) electrons. The average Bonchev–Trinajstić information content (AvgIpc) is 3.28. The molecule has 0 N–H and O–H groups in total. The normalized spacial score (nSPS) is 14.6. The number of rotatable bonds is 12. The number of fused-ring (bicyclic) bond motifs is 1. The van der Waals surface area contributed by atoms with Crippen molar-refractivity contribution in [1.82, 2.24) is 4.57 Å². The first-order valence-corrected chi connectivity index (χ1v) is 14.9. The van der Waals surface area contributed by atoms with E-state index in [1.807, 2.05) is 18.2 Å². The lowest BCUT2D eigenvalue weighted by atomic mass is 9.95. The molecule has 228 valence electrons. The number of methoxy groups -OCH3 is 2. The number of nitrogens with zero attached hydrogens (tertiary/aromatic N) is 2. The number of carbonyl (C=O) groups excluding carboxylic acids is 2. The quantitative estimate of drug-likeness (QED) is 0.170. The highest BCUT2D eigenvalue weighted by atomic mass is 32.1. The van der Waals surface area contributed by atoms with Gasteiger partial charge in [-0.2, -0.15) is 0 Å². The molecule has 1 unspecified atom stereocenters. The Kier molecular flexibility index (Phi) is 10.4. The van der Waals surface area contributed by atoms with Gasteiger partial charge in [0.1, 0.15) is 0 Å². The van der Waals surface area contributed by atoms with E-state index in [0.29, 0.717) is 38.7 Å². The van der Waals surface area contributed by atoms with Gasteiger partial charge in [-0.25, -0.2) is 9.79 Å². The second-order valence-electron chi connectivity index (χ2n) is 9.77. The van der Waals surface area contributed by atoms with Crippen LogP contribution in [0.4, 0.5) is 0 Å². The minimum atomic E-state index is -0.855. The molecule has 2 aromatic carbocycles. The molecule has 2 heterocycles. The van der Waals surface area contributed by atoms with Gasteiger partial charge in [-0.3, -0.25) is 14.2 Å². The van der Waals surface area contributed by atoms with Crippen LogP contribution in [-0.2, 0) is 14.3 Å². The Labute approximate surface area is 253 Å². The van der Waals surface area contributed by atoms with Crippen LogP contribution in [-0.4, -0.2) is 43.9 Å². The van der Waals surface area contributed by atoms with Crippen molar-refractivity contribution in [3.8, 4) is 23.0 Å². The number of aromatic nitrogens is 1. The maximum atomic E-state index is 14.0. The Morgan fingerprint density at radius 3 is 2.40 bits per heavy atom. The molecule has 43 heavy (non-hydrogen) atoms. The van der Waals surface area contributed by atoms with Crippen molar-refractivity contribution in [3.05, 3.63) is 78.5 Å². The van der Waals surface area contributed by atoms with Crippen LogP contribution in [0.2, 0.25) is 0 Å². The lowest BCUT2D eigenvalue weighted by molar-refractivity contribution is -0.139. The smallest absolute Gasteiger partial charge is 0.338 e. The van der Waals surface area contributed by atoms with Crippen molar-refractivity contribution in [1.29, 1.82) is 0 Å². The third kappa shape index (κ3) is 6.99. The van der Waals surface area contributed by atoms with Crippen LogP contribution < -0.4 is 33.8 Å². The molecule has 1 atom stereocenters. The van der Waals surface area contributed by atoms with E-state index in [-0.39, 0.29) is 29.2 Å². The number of esters is 2. The molecule has 0 spiro atoms. The second kappa shape index (κ2) is 14.2. The third-order valence-corrected chi connectivity index (χ3v) is 7.75. The second-order valence-corrected chi connectivity index (χ2v) is 10.8. The summed E-state index contributed by atoms with van der Waals surface area (Å²) in [6, 6.07) is 9.55. The molecule has 10 nitrogen and oxygen atoms in total. The highest BCUT2D eigenvalue weighted by Gasteiger charge is 2.34. The summed E-state index contributed by atoms with van der Waals surface area (Å²) in [5.74, 6) is 0.613. The van der Waals surface area contributed by atoms with Crippen LogP contribution in [0.3, 0.4) is 0 Å². The van der Waals surface area contributed by atoms with Gasteiger partial charge < -0.3 is 23.7 Å². The van der Waals surface area contributed by atoms with E-state index in [4.69, 9.17) is 23.7 Å². The van der Waals surface area contributed by atoms with E-state index in [2.05, 4.69) is 11.9 Å². The Morgan fingerprint density at radius 2 is 1.72 bits per heavy atom. The van der Waals surface area contributed by atoms with E-state index < -0.39 is 18.0 Å². The molecule has 1 aliphatic rings. The summed E-state index contributed by atoms with van der Waals surface area (Å²) in [5, 5.41) is 0. The Balaban J connectivity index is 1.83. The van der Waals surface area contributed by atoms with Gasteiger partial charge in [0, 0.05) is 6.92 Å². The summed E-state index contributed by atoms with van der Waals surface area (Å²) in [5.41, 5.74) is 1.64. The van der Waals surface area contributed by atoms with E-state index >= 15 is 0 Å². The molecular weight excluding hydrogens is 572 g/mol. The molecular formula is C32H36N2O8S. The van der Waals surface area contributed by atoms with Crippen molar-refractivity contribution in [2.24, 2.45) is 4.99 Å². The largest absolute Gasteiger partial charge is 0.493 e. The van der Waals surface area contributed by atoms with Crippen molar-refractivity contribution in [2.75, 3.05) is 27.4 Å². The Bertz CT molecular complexity index is 1720. The fourth-order valence-electron chi connectivity index (χ4n) is 4.78. The molecule has 1 aromatic heterocycles. The summed E-state index contributed by atoms with van der Waals surface area (Å²) >= 11 is 1.21. The van der Waals surface area contributed by atoms with Gasteiger partial charge in [0.2, 0.25) is 0 Å². The number of benzene rings is 2. The maximum absolute atomic E-state index is 14.0. The molecule has 11 heteroatoms. The predicted molar refractivity (Wildman–Crippen MR) is 163 cm³/mol. The molecule has 0 fully saturated rings. The first-order valence-electron chi connectivity index (χ1n) is 14.1. The number of carbonyl (C=O) groups is 2. The van der Waals surface area contributed by atoms with Crippen LogP contribution in [0, 0.1) is 0 Å². The molecule has 0 aliphatic carbocycles. The Hall–Kier alpha value is -4.38. The standard InChI is InChI=1S/C32H36N2O8S/c1-7-9-10-15-41-23-13-11-21(16-25(23)38-5)17-27-30(36)34-29(22-12-14-24(42-20(4)35)26(18-22)39-6)28(31(37)40-8-2)19(3)33-32(34)43-27/h11-14,16-18,29H,7-10,15H2,1-6H3/b27-17-. The number of allylic oxidation sites excluding steroid dienone is 1. The topological polar surface area (TPSA) is 115 Å². The molecule has 1 aliphatic heterocycles. The SMILES string of the molecule is CCCCCOc1ccc(/C=c2\sc3n(c2=O)C(c2ccc(OC(C)=O)c(OC)c2)C(C(=O)OCC)=C(C)N=3)cc1OC. The molecule has 4 rings (SSSR count). The van der Waals surface area contributed by atoms with Crippen molar-refractivity contribution in [3.63, 3.8) is 0 Å². The average molecular weight is 609 g/mol. The van der Waals surface area contributed by atoms with E-state index in [9.17, 15) is 14.4 Å². The van der Waals surface area contributed by atoms with Gasteiger partial charge in [0.05, 0.1) is 49.3 Å². The fraction of sp³-hybridized carbons (Fsp3) is 0.375. The predicted octanol–water partition coefficient (Wildman–Crippen LogP) is 4.31. The van der Waals surface area contributed by atoms with Gasteiger partial charge in [-0.05, 0) is 61.7 Å². The highest BCUT2D eigenvalue weighted by molar-refractivity contribution is 7.07. The zero-order valence-corrected chi connectivity index (χ0v) is 26.0. The minimum Gasteiger partial charge on any atom is -0.493 e. The molecule has 0 amide bonds. The Morgan fingerprint density at radius 1 is 1.00 bits per heavy atom. The first-order chi connectivity index (χ1) is 20.7. The van der Waals surface area contributed by atoms with Gasteiger partial charge in [0.15, 0.2) is 27.8 Å². The summed E-state index contributed by atoms with van der Waals surface area (Å²) in [6.07, 6.45) is 4.90. The molecule has 3 aromatic rings. The fourth-order valence-corrected chi connectivity index (χ4v) is 5.83. The molecule has 0 saturated carbocycles. The van der Waals surface area contributed by atoms with Crippen molar-refractivity contribution < 1.29 is 33.3 Å². The highest BCUT2D eigenvalue weighted by Crippen LogP contribution is 2.36. The van der Waals surface area contributed by atoms with Crippen LogP contribution in [0.1, 0.15) is 64.1 Å². The number of hydrogen-bond acceptors (Lipinski definition) is 10. The lowest BCUT2D eigenvalue weighted by Gasteiger charge is -2.25. The number of hydrogen-bond donors (Lipinski definition) is 0. The number of thiazole rings is 1. The van der Waals surface area contributed by atoms with Crippen LogP contribution in [0.15, 0.2) is 57.5 Å². The van der Waals surface area contributed by atoms with E-state index in [1.165, 1.54) is 29.9 Å². The van der Waals surface area contributed by atoms with Crippen LogP contribution >= 0.6 is 11.3 Å². The van der Waals surface area contributed by atoms with Crippen LogP contribution in [0.25, 0.3) is 6.08 Å². The zero-order chi connectivity index (χ0) is 31.1. The van der Waals surface area contributed by atoms with Crippen LogP contribution in [0.5, 0.6) is 23.0 Å². The summed E-state index contributed by atoms with van der Waals surface area (Å²) in [7, 11) is 3.02. The number of ether oxygens (including phenoxy) is 5.